The van der Waals surface area contributed by atoms with Crippen LogP contribution in [0.5, 0.6) is 0 Å². The predicted octanol–water partition coefficient (Wildman–Crippen LogP) is 0.490. The molecule has 1 heterocycles. The van der Waals surface area contributed by atoms with Gasteiger partial charge < -0.3 is 5.11 Å². The van der Waals surface area contributed by atoms with E-state index in [-0.39, 0.29) is 0 Å². The molecule has 0 unspecified atom stereocenters. The predicted molar refractivity (Wildman–Crippen MR) is 47.2 cm³/mol. The van der Waals surface area contributed by atoms with Crippen molar-refractivity contribution in [3.63, 3.8) is 0 Å². The first-order valence-electron chi connectivity index (χ1n) is 3.70. The third kappa shape index (κ3) is 1.93. The van der Waals surface area contributed by atoms with Crippen LogP contribution in [0, 0.1) is 0 Å². The molecule has 3 N–H and O–H groups in total. The average molecular weight is 167 g/mol. The van der Waals surface area contributed by atoms with E-state index in [2.05, 4.69) is 4.98 Å². The highest BCUT2D eigenvalue weighted by Crippen LogP contribution is 2.13. The van der Waals surface area contributed by atoms with E-state index in [0.717, 1.165) is 0 Å². The van der Waals surface area contributed by atoms with Gasteiger partial charge in [-0.3, -0.25) is 5.01 Å². The van der Waals surface area contributed by atoms with Crippen molar-refractivity contribution < 1.29 is 5.11 Å². The molecule has 0 saturated carbocycles. The fraction of sp³-hybridized carbons (Fsp3) is 0.375. The van der Waals surface area contributed by atoms with Crippen LogP contribution in [0.4, 0.5) is 5.82 Å². The minimum Gasteiger partial charge on any atom is -0.370 e. The Kier molecular flexibility index (Phi) is 2.30. The maximum atomic E-state index is 9.50. The van der Waals surface area contributed by atoms with Crippen LogP contribution in [0.1, 0.15) is 13.8 Å². The Hall–Kier alpha value is -1.13. The van der Waals surface area contributed by atoms with Crippen LogP contribution in [0.25, 0.3) is 0 Å². The van der Waals surface area contributed by atoms with Gasteiger partial charge in [0.05, 0.1) is 0 Å². The van der Waals surface area contributed by atoms with Crippen molar-refractivity contribution in [1.29, 1.82) is 0 Å². The minimum atomic E-state index is -1.09. The zero-order valence-corrected chi connectivity index (χ0v) is 7.23. The van der Waals surface area contributed by atoms with Crippen LogP contribution in [-0.4, -0.2) is 15.8 Å². The van der Waals surface area contributed by atoms with Gasteiger partial charge in [-0.15, -0.1) is 0 Å². The van der Waals surface area contributed by atoms with Gasteiger partial charge in [0.25, 0.3) is 0 Å². The zero-order valence-electron chi connectivity index (χ0n) is 7.23. The smallest absolute Gasteiger partial charge is 0.147 e. The van der Waals surface area contributed by atoms with Crippen molar-refractivity contribution in [2.75, 3.05) is 5.01 Å². The molecule has 0 aliphatic rings. The van der Waals surface area contributed by atoms with Crippen LogP contribution >= 0.6 is 0 Å². The van der Waals surface area contributed by atoms with E-state index < -0.39 is 5.72 Å². The molecule has 0 amide bonds. The molecule has 0 aliphatic carbocycles. The standard InChI is InChI=1S/C8H13N3O/c1-8(2,12)11(9)7-5-3-4-6-10-7/h3-6,12H,9H2,1-2H3. The molecule has 1 rings (SSSR count). The van der Waals surface area contributed by atoms with Crippen LogP contribution < -0.4 is 10.9 Å². The second kappa shape index (κ2) is 3.08. The third-order valence-corrected chi connectivity index (χ3v) is 1.49. The van der Waals surface area contributed by atoms with E-state index in [1.165, 1.54) is 5.01 Å². The summed E-state index contributed by atoms with van der Waals surface area (Å²) in [7, 11) is 0. The number of nitrogens with zero attached hydrogens (tertiary/aromatic N) is 2. The molecule has 4 nitrogen and oxygen atoms in total. The molecule has 4 heteroatoms. The number of pyridine rings is 1. The molecule has 1 aromatic rings. The summed E-state index contributed by atoms with van der Waals surface area (Å²) in [6, 6.07) is 5.34. The normalized spacial score (nSPS) is 11.3. The van der Waals surface area contributed by atoms with Crippen LogP contribution in [0.3, 0.4) is 0 Å². The van der Waals surface area contributed by atoms with Crippen molar-refractivity contribution in [2.24, 2.45) is 5.84 Å². The molecular weight excluding hydrogens is 154 g/mol. The third-order valence-electron chi connectivity index (χ3n) is 1.49. The Bertz CT molecular complexity index is 242. The van der Waals surface area contributed by atoms with Gasteiger partial charge in [0.2, 0.25) is 0 Å². The van der Waals surface area contributed by atoms with Crippen LogP contribution in [-0.2, 0) is 0 Å². The monoisotopic (exact) mass is 167 g/mol. The summed E-state index contributed by atoms with van der Waals surface area (Å²) in [5.41, 5.74) is -1.09. The van der Waals surface area contributed by atoms with Crippen molar-refractivity contribution in [3.05, 3.63) is 24.4 Å². The van der Waals surface area contributed by atoms with Crippen LogP contribution in [0.15, 0.2) is 24.4 Å². The lowest BCUT2D eigenvalue weighted by Crippen LogP contribution is -2.49. The van der Waals surface area contributed by atoms with Gasteiger partial charge in [-0.1, -0.05) is 6.07 Å². The average Bonchev–Trinajstić information content (AvgIpc) is 2.03. The molecule has 12 heavy (non-hydrogen) atoms. The number of anilines is 1. The molecule has 0 fully saturated rings. The molecule has 0 radical (unpaired) electrons. The molecule has 0 bridgehead atoms. The van der Waals surface area contributed by atoms with Crippen molar-refractivity contribution in [1.82, 2.24) is 4.98 Å². The topological polar surface area (TPSA) is 62.4 Å². The zero-order chi connectivity index (χ0) is 9.19. The van der Waals surface area contributed by atoms with Gasteiger partial charge in [-0.2, -0.15) is 0 Å². The first-order chi connectivity index (χ1) is 5.52. The lowest BCUT2D eigenvalue weighted by atomic mass is 10.3. The summed E-state index contributed by atoms with van der Waals surface area (Å²) in [5.74, 6) is 6.14. The summed E-state index contributed by atoms with van der Waals surface area (Å²) in [4.78, 5) is 3.99. The van der Waals surface area contributed by atoms with Gasteiger partial charge in [0.15, 0.2) is 0 Å². The van der Waals surface area contributed by atoms with E-state index in [1.54, 1.807) is 32.2 Å². The molecular formula is C8H13N3O. The highest BCUT2D eigenvalue weighted by atomic mass is 16.3. The molecule has 66 valence electrons. The number of hydrogen-bond donors (Lipinski definition) is 2. The van der Waals surface area contributed by atoms with Crippen molar-refractivity contribution in [2.45, 2.75) is 19.6 Å². The lowest BCUT2D eigenvalue weighted by molar-refractivity contribution is 0.0749. The number of nitrogens with two attached hydrogens (primary N) is 1. The SMILES string of the molecule is CC(C)(O)N(N)c1ccccn1. The maximum Gasteiger partial charge on any atom is 0.147 e. The number of rotatable bonds is 2. The van der Waals surface area contributed by atoms with Gasteiger partial charge in [0, 0.05) is 6.20 Å². The van der Waals surface area contributed by atoms with Gasteiger partial charge in [0.1, 0.15) is 11.5 Å². The minimum absolute atomic E-state index is 0.546. The molecule has 0 aromatic carbocycles. The first kappa shape index (κ1) is 8.96. The number of hydrogen-bond acceptors (Lipinski definition) is 4. The number of aliphatic hydroxyl groups is 1. The van der Waals surface area contributed by atoms with E-state index in [4.69, 9.17) is 5.84 Å². The fourth-order valence-corrected chi connectivity index (χ4v) is 0.777. The second-order valence-electron chi connectivity index (χ2n) is 3.05. The Morgan fingerprint density at radius 3 is 2.58 bits per heavy atom. The highest BCUT2D eigenvalue weighted by molar-refractivity contribution is 5.37. The summed E-state index contributed by atoms with van der Waals surface area (Å²) in [6.45, 7) is 3.20. The molecule has 0 atom stereocenters. The molecule has 0 aliphatic heterocycles. The summed E-state index contributed by atoms with van der Waals surface area (Å²) in [6.07, 6.45) is 1.63. The molecule has 1 aromatic heterocycles. The summed E-state index contributed by atoms with van der Waals surface area (Å²) >= 11 is 0. The summed E-state index contributed by atoms with van der Waals surface area (Å²) < 4.78 is 0. The largest absolute Gasteiger partial charge is 0.370 e. The van der Waals surface area contributed by atoms with E-state index >= 15 is 0 Å². The highest BCUT2D eigenvalue weighted by Gasteiger charge is 2.20. The fourth-order valence-electron chi connectivity index (χ4n) is 0.777. The second-order valence-corrected chi connectivity index (χ2v) is 3.05. The van der Waals surface area contributed by atoms with Gasteiger partial charge in [-0.05, 0) is 26.0 Å². The number of aromatic nitrogens is 1. The first-order valence-corrected chi connectivity index (χ1v) is 3.70. The Morgan fingerprint density at radius 1 is 1.50 bits per heavy atom. The summed E-state index contributed by atoms with van der Waals surface area (Å²) in [5, 5.41) is 10.7. The van der Waals surface area contributed by atoms with E-state index in [9.17, 15) is 5.11 Å². The quantitative estimate of drug-likeness (QED) is 0.382. The van der Waals surface area contributed by atoms with E-state index in [1.807, 2.05) is 6.07 Å². The molecule has 0 saturated heterocycles. The van der Waals surface area contributed by atoms with Crippen molar-refractivity contribution >= 4 is 5.82 Å². The Labute approximate surface area is 71.6 Å². The maximum absolute atomic E-state index is 9.50. The number of hydrazine groups is 1. The van der Waals surface area contributed by atoms with Crippen LogP contribution in [0.2, 0.25) is 0 Å². The van der Waals surface area contributed by atoms with E-state index in [0.29, 0.717) is 5.82 Å². The van der Waals surface area contributed by atoms with Gasteiger partial charge >= 0.3 is 0 Å². The van der Waals surface area contributed by atoms with Gasteiger partial charge in [-0.25, -0.2) is 10.8 Å². The molecule has 0 spiro atoms. The van der Waals surface area contributed by atoms with Crippen molar-refractivity contribution in [3.8, 4) is 0 Å². The lowest BCUT2D eigenvalue weighted by Gasteiger charge is -2.30. The Balaban J connectivity index is 2.86. The Morgan fingerprint density at radius 2 is 2.17 bits per heavy atom.